The van der Waals surface area contributed by atoms with Gasteiger partial charge < -0.3 is 16.5 Å². The highest BCUT2D eigenvalue weighted by Crippen LogP contribution is 2.29. The molecule has 0 aliphatic carbocycles. The molecule has 0 fully saturated rings. The molecule has 1 aromatic heterocycles. The van der Waals surface area contributed by atoms with E-state index in [-0.39, 0.29) is 22.0 Å². The standard InChI is InChI=1S/C7H7ClN4O2S/c8-15(13,14)6-3(9)1-2-4-5(6)12-7(10)11-4/h1-2H,9H2,(H3,10,11,12). The lowest BCUT2D eigenvalue weighted by Gasteiger charge is -2.01. The highest BCUT2D eigenvalue weighted by molar-refractivity contribution is 8.14. The summed E-state index contributed by atoms with van der Waals surface area (Å²) in [5.41, 5.74) is 11.6. The van der Waals surface area contributed by atoms with Crippen LogP contribution in [0.4, 0.5) is 11.6 Å². The molecule has 5 N–H and O–H groups in total. The van der Waals surface area contributed by atoms with E-state index in [0.717, 1.165) is 0 Å². The molecule has 0 radical (unpaired) electrons. The highest BCUT2D eigenvalue weighted by Gasteiger charge is 2.20. The van der Waals surface area contributed by atoms with E-state index in [1.54, 1.807) is 6.07 Å². The smallest absolute Gasteiger partial charge is 0.265 e. The van der Waals surface area contributed by atoms with Crippen LogP contribution in [-0.2, 0) is 9.05 Å². The largest absolute Gasteiger partial charge is 0.398 e. The summed E-state index contributed by atoms with van der Waals surface area (Å²) in [6.07, 6.45) is 0. The van der Waals surface area contributed by atoms with Gasteiger partial charge in [-0.15, -0.1) is 0 Å². The van der Waals surface area contributed by atoms with Gasteiger partial charge in [0.2, 0.25) is 0 Å². The minimum absolute atomic E-state index is 0.0454. The van der Waals surface area contributed by atoms with Crippen molar-refractivity contribution in [2.75, 3.05) is 11.5 Å². The molecule has 0 aliphatic rings. The molecule has 0 atom stereocenters. The molecule has 80 valence electrons. The van der Waals surface area contributed by atoms with Gasteiger partial charge in [0.15, 0.2) is 5.95 Å². The van der Waals surface area contributed by atoms with Gasteiger partial charge >= 0.3 is 0 Å². The lowest BCUT2D eigenvalue weighted by atomic mass is 10.3. The van der Waals surface area contributed by atoms with E-state index in [1.165, 1.54) is 6.07 Å². The van der Waals surface area contributed by atoms with Crippen LogP contribution in [0.1, 0.15) is 0 Å². The average Bonchev–Trinajstić information content (AvgIpc) is 2.41. The van der Waals surface area contributed by atoms with Gasteiger partial charge in [0.25, 0.3) is 9.05 Å². The summed E-state index contributed by atoms with van der Waals surface area (Å²) in [6, 6.07) is 3.01. The fourth-order valence-electron chi connectivity index (χ4n) is 1.34. The van der Waals surface area contributed by atoms with Crippen molar-refractivity contribution >= 4 is 42.4 Å². The molecule has 2 rings (SSSR count). The normalized spacial score (nSPS) is 12.1. The second-order valence-corrected chi connectivity index (χ2v) is 5.44. The lowest BCUT2D eigenvalue weighted by Crippen LogP contribution is -1.99. The van der Waals surface area contributed by atoms with Crippen LogP contribution in [0, 0.1) is 0 Å². The highest BCUT2D eigenvalue weighted by atomic mass is 35.7. The zero-order chi connectivity index (χ0) is 11.2. The van der Waals surface area contributed by atoms with Gasteiger partial charge in [-0.05, 0) is 12.1 Å². The van der Waals surface area contributed by atoms with Gasteiger partial charge in [-0.25, -0.2) is 13.4 Å². The van der Waals surface area contributed by atoms with Crippen molar-refractivity contribution in [3.8, 4) is 0 Å². The van der Waals surface area contributed by atoms with Crippen molar-refractivity contribution in [2.24, 2.45) is 0 Å². The lowest BCUT2D eigenvalue weighted by molar-refractivity contribution is 0.610. The second-order valence-electron chi connectivity index (χ2n) is 2.94. The summed E-state index contributed by atoms with van der Waals surface area (Å²) in [5.74, 6) is 0.108. The Kier molecular flexibility index (Phi) is 2.02. The van der Waals surface area contributed by atoms with Crippen LogP contribution in [0.5, 0.6) is 0 Å². The fourth-order valence-corrected chi connectivity index (χ4v) is 2.56. The zero-order valence-electron chi connectivity index (χ0n) is 7.36. The summed E-state index contributed by atoms with van der Waals surface area (Å²) in [5, 5.41) is 0. The predicted octanol–water partition coefficient (Wildman–Crippen LogP) is 0.655. The Morgan fingerprint density at radius 3 is 2.60 bits per heavy atom. The van der Waals surface area contributed by atoms with E-state index < -0.39 is 9.05 Å². The van der Waals surface area contributed by atoms with Crippen molar-refractivity contribution in [3.63, 3.8) is 0 Å². The number of nitrogen functional groups attached to an aromatic ring is 2. The summed E-state index contributed by atoms with van der Waals surface area (Å²) in [4.78, 5) is 6.29. The summed E-state index contributed by atoms with van der Waals surface area (Å²) in [7, 11) is 1.31. The SMILES string of the molecule is Nc1nc2c(S(=O)(=O)Cl)c(N)ccc2[nH]1. The number of H-pyrrole nitrogens is 1. The van der Waals surface area contributed by atoms with Crippen molar-refractivity contribution < 1.29 is 8.42 Å². The molecule has 1 heterocycles. The molecule has 1 aromatic carbocycles. The quantitative estimate of drug-likeness (QED) is 0.505. The number of rotatable bonds is 1. The average molecular weight is 247 g/mol. The van der Waals surface area contributed by atoms with Crippen LogP contribution in [0.15, 0.2) is 17.0 Å². The van der Waals surface area contributed by atoms with Gasteiger partial charge in [0.1, 0.15) is 10.4 Å². The zero-order valence-corrected chi connectivity index (χ0v) is 8.93. The van der Waals surface area contributed by atoms with Crippen molar-refractivity contribution in [3.05, 3.63) is 12.1 Å². The minimum Gasteiger partial charge on any atom is -0.398 e. The summed E-state index contributed by atoms with van der Waals surface area (Å²) in [6.45, 7) is 0. The number of hydrogen-bond donors (Lipinski definition) is 3. The molecule has 6 nitrogen and oxygen atoms in total. The predicted molar refractivity (Wildman–Crippen MR) is 58.0 cm³/mol. The molecule has 0 saturated heterocycles. The number of anilines is 2. The molecule has 0 saturated carbocycles. The number of aromatic amines is 1. The first-order valence-corrected chi connectivity index (χ1v) is 6.19. The molecule has 0 bridgehead atoms. The number of fused-ring (bicyclic) bond motifs is 1. The number of nitrogens with two attached hydrogens (primary N) is 2. The van der Waals surface area contributed by atoms with Crippen LogP contribution in [-0.4, -0.2) is 18.4 Å². The topological polar surface area (TPSA) is 115 Å². The maximum absolute atomic E-state index is 11.3. The molecular weight excluding hydrogens is 240 g/mol. The van der Waals surface area contributed by atoms with Crippen LogP contribution >= 0.6 is 10.7 Å². The molecule has 15 heavy (non-hydrogen) atoms. The number of benzene rings is 1. The Bertz CT molecular complexity index is 634. The van der Waals surface area contributed by atoms with E-state index >= 15 is 0 Å². The number of halogens is 1. The molecule has 0 amide bonds. The maximum atomic E-state index is 11.3. The van der Waals surface area contributed by atoms with Gasteiger partial charge in [-0.3, -0.25) is 0 Å². The fraction of sp³-hybridized carbons (Fsp3) is 0. The van der Waals surface area contributed by atoms with Crippen LogP contribution in [0.25, 0.3) is 11.0 Å². The number of nitrogens with one attached hydrogen (secondary N) is 1. The third-order valence-electron chi connectivity index (χ3n) is 1.90. The van der Waals surface area contributed by atoms with E-state index in [4.69, 9.17) is 22.1 Å². The van der Waals surface area contributed by atoms with E-state index in [2.05, 4.69) is 9.97 Å². The third kappa shape index (κ3) is 1.59. The molecule has 0 aliphatic heterocycles. The Labute approximate surface area is 89.7 Å². The first-order valence-electron chi connectivity index (χ1n) is 3.88. The van der Waals surface area contributed by atoms with Gasteiger partial charge in [0.05, 0.1) is 11.2 Å². The van der Waals surface area contributed by atoms with Crippen LogP contribution < -0.4 is 11.5 Å². The number of imidazole rings is 1. The van der Waals surface area contributed by atoms with Crippen LogP contribution in [0.3, 0.4) is 0 Å². The minimum atomic E-state index is -3.94. The third-order valence-corrected chi connectivity index (χ3v) is 3.28. The monoisotopic (exact) mass is 246 g/mol. The molecule has 2 aromatic rings. The number of aromatic nitrogens is 2. The first-order chi connectivity index (χ1) is 6.89. The van der Waals surface area contributed by atoms with Crippen LogP contribution in [0.2, 0.25) is 0 Å². The Balaban J connectivity index is 2.98. The Morgan fingerprint density at radius 2 is 2.00 bits per heavy atom. The molecule has 0 unspecified atom stereocenters. The van der Waals surface area contributed by atoms with E-state index in [1.807, 2.05) is 0 Å². The summed E-state index contributed by atoms with van der Waals surface area (Å²) < 4.78 is 22.5. The van der Waals surface area contributed by atoms with E-state index in [9.17, 15) is 8.42 Å². The van der Waals surface area contributed by atoms with Crippen molar-refractivity contribution in [2.45, 2.75) is 4.90 Å². The van der Waals surface area contributed by atoms with Gasteiger partial charge in [0, 0.05) is 10.7 Å². The van der Waals surface area contributed by atoms with Gasteiger partial charge in [-0.2, -0.15) is 0 Å². The number of nitrogens with zero attached hydrogens (tertiary/aromatic N) is 1. The first kappa shape index (κ1) is 10.1. The van der Waals surface area contributed by atoms with Crippen molar-refractivity contribution in [1.82, 2.24) is 9.97 Å². The molecule has 0 spiro atoms. The van der Waals surface area contributed by atoms with E-state index in [0.29, 0.717) is 5.52 Å². The van der Waals surface area contributed by atoms with Gasteiger partial charge in [-0.1, -0.05) is 0 Å². The Hall–Kier alpha value is -1.47. The molecule has 8 heteroatoms. The number of hydrogen-bond acceptors (Lipinski definition) is 5. The maximum Gasteiger partial charge on any atom is 0.265 e. The summed E-state index contributed by atoms with van der Waals surface area (Å²) >= 11 is 0. The second kappa shape index (κ2) is 3.01. The Morgan fingerprint density at radius 1 is 1.33 bits per heavy atom. The van der Waals surface area contributed by atoms with Crippen molar-refractivity contribution in [1.29, 1.82) is 0 Å². The molecular formula is C7H7ClN4O2S.